The number of rotatable bonds is 7. The first-order valence-corrected chi connectivity index (χ1v) is 8.80. The van der Waals surface area contributed by atoms with E-state index in [1.54, 1.807) is 14.2 Å². The number of nitrogens with zero attached hydrogens (tertiary/aromatic N) is 1. The highest BCUT2D eigenvalue weighted by molar-refractivity contribution is 5.64. The Kier molecular flexibility index (Phi) is 4.39. The number of methoxy groups -OCH3 is 2. The topological polar surface area (TPSA) is 59.2 Å². The fraction of sp³-hybridized carbons (Fsp3) is 0.286. The predicted octanol–water partition coefficient (Wildman–Crippen LogP) is 3.87. The molecule has 134 valence electrons. The molecule has 2 aromatic carbocycles. The number of ether oxygens (including phenoxy) is 2. The molecule has 0 atom stereocenters. The zero-order valence-electron chi connectivity index (χ0n) is 15.1. The van der Waals surface area contributed by atoms with Gasteiger partial charge in [0, 0.05) is 23.2 Å². The Hall–Kier alpha value is -2.79. The molecule has 0 amide bonds. The van der Waals surface area contributed by atoms with Gasteiger partial charge in [0.05, 0.1) is 26.1 Å². The van der Waals surface area contributed by atoms with E-state index >= 15 is 0 Å². The molecule has 26 heavy (non-hydrogen) atoms. The summed E-state index contributed by atoms with van der Waals surface area (Å²) in [6, 6.07) is 16.4. The van der Waals surface area contributed by atoms with E-state index in [2.05, 4.69) is 33.7 Å². The Bertz CT molecular complexity index is 882. The van der Waals surface area contributed by atoms with Crippen molar-refractivity contribution in [3.63, 3.8) is 0 Å². The first-order chi connectivity index (χ1) is 12.7. The van der Waals surface area contributed by atoms with Gasteiger partial charge in [0.1, 0.15) is 11.5 Å². The Balaban J connectivity index is 1.51. The molecule has 1 fully saturated rings. The summed E-state index contributed by atoms with van der Waals surface area (Å²) in [5.74, 6) is 1.73. The van der Waals surface area contributed by atoms with Gasteiger partial charge in [0.15, 0.2) is 0 Å². The molecule has 0 spiro atoms. The fourth-order valence-electron chi connectivity index (χ4n) is 3.34. The van der Waals surface area contributed by atoms with Crippen LogP contribution in [0.1, 0.15) is 24.0 Å². The lowest BCUT2D eigenvalue weighted by Crippen LogP contribution is -2.28. The molecular formula is C21H23N3O2. The zero-order valence-corrected chi connectivity index (χ0v) is 15.1. The second kappa shape index (κ2) is 6.84. The molecule has 1 aliphatic rings. The molecule has 5 heteroatoms. The van der Waals surface area contributed by atoms with Crippen LogP contribution in [0.3, 0.4) is 0 Å². The third-order valence-corrected chi connectivity index (χ3v) is 5.09. The molecule has 2 N–H and O–H groups in total. The van der Waals surface area contributed by atoms with E-state index in [0.29, 0.717) is 0 Å². The number of H-pyrrole nitrogens is 1. The van der Waals surface area contributed by atoms with Crippen molar-refractivity contribution in [2.75, 3.05) is 14.2 Å². The van der Waals surface area contributed by atoms with Crippen LogP contribution in [-0.4, -0.2) is 24.4 Å². The summed E-state index contributed by atoms with van der Waals surface area (Å²) in [5.41, 5.74) is 4.63. The van der Waals surface area contributed by atoms with Gasteiger partial charge in [-0.2, -0.15) is 5.10 Å². The maximum atomic E-state index is 5.33. The molecule has 1 heterocycles. The number of nitrogens with one attached hydrogen (secondary N) is 2. The van der Waals surface area contributed by atoms with E-state index in [4.69, 9.17) is 9.47 Å². The minimum absolute atomic E-state index is 0.0647. The van der Waals surface area contributed by atoms with Crippen LogP contribution in [0.15, 0.2) is 54.7 Å². The second-order valence-electron chi connectivity index (χ2n) is 6.67. The fourth-order valence-corrected chi connectivity index (χ4v) is 3.34. The van der Waals surface area contributed by atoms with Crippen LogP contribution in [-0.2, 0) is 12.1 Å². The molecule has 1 saturated carbocycles. The molecule has 1 aromatic heterocycles. The number of aromatic nitrogens is 2. The van der Waals surface area contributed by atoms with E-state index in [-0.39, 0.29) is 5.54 Å². The van der Waals surface area contributed by atoms with Crippen molar-refractivity contribution in [2.45, 2.75) is 24.9 Å². The van der Waals surface area contributed by atoms with Crippen LogP contribution >= 0.6 is 0 Å². The Labute approximate surface area is 153 Å². The number of aromatic amines is 1. The third kappa shape index (κ3) is 3.18. The zero-order chi connectivity index (χ0) is 18.0. The molecular weight excluding hydrogens is 326 g/mol. The molecule has 0 radical (unpaired) electrons. The monoisotopic (exact) mass is 349 g/mol. The lowest BCUT2D eigenvalue weighted by atomic mass is 10.0. The first kappa shape index (κ1) is 16.7. The summed E-state index contributed by atoms with van der Waals surface area (Å²) in [6.45, 7) is 0.759. The van der Waals surface area contributed by atoms with Crippen molar-refractivity contribution in [1.29, 1.82) is 0 Å². The van der Waals surface area contributed by atoms with E-state index in [1.807, 2.05) is 36.5 Å². The summed E-state index contributed by atoms with van der Waals surface area (Å²) < 4.78 is 10.6. The minimum atomic E-state index is 0.0647. The molecule has 0 bridgehead atoms. The summed E-state index contributed by atoms with van der Waals surface area (Å²) in [4.78, 5) is 0. The van der Waals surface area contributed by atoms with E-state index in [0.717, 1.165) is 47.7 Å². The standard InChI is InChI=1S/C21H23N3O2/c1-25-18-8-6-17(7-9-18)21(10-11-21)22-13-16-14-23-24-20(16)15-4-3-5-19(12-15)26-2/h3-9,12,14,22H,10-11,13H2,1-2H3,(H,23,24). The second-order valence-corrected chi connectivity index (χ2v) is 6.67. The maximum Gasteiger partial charge on any atom is 0.119 e. The van der Waals surface area contributed by atoms with Crippen LogP contribution in [0.25, 0.3) is 11.3 Å². The summed E-state index contributed by atoms with van der Waals surface area (Å²) in [7, 11) is 3.37. The maximum absolute atomic E-state index is 5.33. The van der Waals surface area contributed by atoms with Crippen molar-refractivity contribution in [2.24, 2.45) is 0 Å². The summed E-state index contributed by atoms with van der Waals surface area (Å²) in [6.07, 6.45) is 4.18. The summed E-state index contributed by atoms with van der Waals surface area (Å²) in [5, 5.41) is 11.1. The van der Waals surface area contributed by atoms with Crippen molar-refractivity contribution < 1.29 is 9.47 Å². The molecule has 0 saturated heterocycles. The van der Waals surface area contributed by atoms with Gasteiger partial charge in [0.2, 0.25) is 0 Å². The van der Waals surface area contributed by atoms with Gasteiger partial charge in [-0.1, -0.05) is 24.3 Å². The third-order valence-electron chi connectivity index (χ3n) is 5.09. The predicted molar refractivity (Wildman–Crippen MR) is 101 cm³/mol. The van der Waals surface area contributed by atoms with Gasteiger partial charge in [-0.05, 0) is 42.7 Å². The molecule has 4 rings (SSSR count). The highest BCUT2D eigenvalue weighted by atomic mass is 16.5. The number of benzene rings is 2. The van der Waals surface area contributed by atoms with Crippen molar-refractivity contribution in [1.82, 2.24) is 15.5 Å². The number of hydrogen-bond donors (Lipinski definition) is 2. The average Bonchev–Trinajstić information content (AvgIpc) is 3.35. The van der Waals surface area contributed by atoms with Crippen molar-refractivity contribution in [3.05, 3.63) is 65.9 Å². The van der Waals surface area contributed by atoms with Crippen molar-refractivity contribution >= 4 is 0 Å². The van der Waals surface area contributed by atoms with Gasteiger partial charge in [0.25, 0.3) is 0 Å². The molecule has 3 aromatic rings. The Morgan fingerprint density at radius 3 is 2.50 bits per heavy atom. The number of hydrogen-bond acceptors (Lipinski definition) is 4. The normalized spacial score (nSPS) is 14.8. The largest absolute Gasteiger partial charge is 0.497 e. The van der Waals surface area contributed by atoms with Gasteiger partial charge in [-0.25, -0.2) is 0 Å². The van der Waals surface area contributed by atoms with Gasteiger partial charge in [-0.15, -0.1) is 0 Å². The lowest BCUT2D eigenvalue weighted by Gasteiger charge is -2.18. The highest BCUT2D eigenvalue weighted by Gasteiger charge is 2.43. The van der Waals surface area contributed by atoms with Crippen LogP contribution in [0.4, 0.5) is 0 Å². The SMILES string of the molecule is COc1ccc(C2(NCc3cn[nH]c3-c3cccc(OC)c3)CC2)cc1. The quantitative estimate of drug-likeness (QED) is 0.680. The smallest absolute Gasteiger partial charge is 0.119 e. The van der Waals surface area contributed by atoms with Gasteiger partial charge < -0.3 is 14.8 Å². The van der Waals surface area contributed by atoms with Crippen molar-refractivity contribution in [3.8, 4) is 22.8 Å². The average molecular weight is 349 g/mol. The van der Waals surface area contributed by atoms with E-state index < -0.39 is 0 Å². The minimum Gasteiger partial charge on any atom is -0.497 e. The van der Waals surface area contributed by atoms with Crippen LogP contribution in [0.5, 0.6) is 11.5 Å². The highest BCUT2D eigenvalue weighted by Crippen LogP contribution is 2.46. The van der Waals surface area contributed by atoms with E-state index in [9.17, 15) is 0 Å². The lowest BCUT2D eigenvalue weighted by molar-refractivity contribution is 0.414. The van der Waals surface area contributed by atoms with Crippen LogP contribution < -0.4 is 14.8 Å². The molecule has 5 nitrogen and oxygen atoms in total. The first-order valence-electron chi connectivity index (χ1n) is 8.80. The Morgan fingerprint density at radius 1 is 1.04 bits per heavy atom. The summed E-state index contributed by atoms with van der Waals surface area (Å²) >= 11 is 0. The molecule has 1 aliphatic carbocycles. The van der Waals surface area contributed by atoms with Crippen LogP contribution in [0.2, 0.25) is 0 Å². The van der Waals surface area contributed by atoms with Gasteiger partial charge >= 0.3 is 0 Å². The van der Waals surface area contributed by atoms with Crippen LogP contribution in [0, 0.1) is 0 Å². The molecule has 0 unspecified atom stereocenters. The van der Waals surface area contributed by atoms with Gasteiger partial charge in [-0.3, -0.25) is 5.10 Å². The Morgan fingerprint density at radius 2 is 1.81 bits per heavy atom. The van der Waals surface area contributed by atoms with E-state index in [1.165, 1.54) is 5.56 Å². The molecule has 0 aliphatic heterocycles.